The summed E-state index contributed by atoms with van der Waals surface area (Å²) >= 11 is 0. The molecule has 1 saturated carbocycles. The van der Waals surface area contributed by atoms with Gasteiger partial charge in [-0.15, -0.1) is 0 Å². The molecule has 1 fully saturated rings. The second kappa shape index (κ2) is 7.46. The lowest BCUT2D eigenvalue weighted by Gasteiger charge is -2.30. The lowest BCUT2D eigenvalue weighted by molar-refractivity contribution is 0.337. The predicted octanol–water partition coefficient (Wildman–Crippen LogP) is 4.51. The number of hydrogen-bond acceptors (Lipinski definition) is 2. The molecule has 2 nitrogen and oxygen atoms in total. The highest BCUT2D eigenvalue weighted by Gasteiger charge is 2.23. The number of benzene rings is 2. The third-order valence-electron chi connectivity index (χ3n) is 4.68. The Labute approximate surface area is 133 Å². The molecule has 1 aliphatic carbocycles. The van der Waals surface area contributed by atoms with Crippen molar-refractivity contribution in [1.29, 1.82) is 0 Å². The first kappa shape index (κ1) is 15.1. The van der Waals surface area contributed by atoms with E-state index in [1.165, 1.54) is 36.8 Å². The molecule has 2 aromatic rings. The smallest absolute Gasteiger partial charge is 0.119 e. The summed E-state index contributed by atoms with van der Waals surface area (Å²) in [4.78, 5) is 0. The SMILES string of the molecule is COc1cccc([C@@H]2CCC[C@@H](NCc3ccccc3)C2)c1. The van der Waals surface area contributed by atoms with Crippen LogP contribution >= 0.6 is 0 Å². The molecule has 2 heteroatoms. The Hall–Kier alpha value is -1.80. The van der Waals surface area contributed by atoms with Gasteiger partial charge in [0.1, 0.15) is 5.75 Å². The average Bonchev–Trinajstić information content (AvgIpc) is 2.61. The Kier molecular flexibility index (Phi) is 5.12. The maximum atomic E-state index is 5.36. The summed E-state index contributed by atoms with van der Waals surface area (Å²) < 4.78 is 5.36. The Morgan fingerprint density at radius 1 is 1.05 bits per heavy atom. The predicted molar refractivity (Wildman–Crippen MR) is 91.3 cm³/mol. The summed E-state index contributed by atoms with van der Waals surface area (Å²) in [5, 5.41) is 3.73. The van der Waals surface area contributed by atoms with Crippen LogP contribution in [0.25, 0.3) is 0 Å². The fraction of sp³-hybridized carbons (Fsp3) is 0.400. The van der Waals surface area contributed by atoms with Crippen molar-refractivity contribution in [2.45, 2.75) is 44.2 Å². The van der Waals surface area contributed by atoms with Gasteiger partial charge in [0.15, 0.2) is 0 Å². The molecule has 0 amide bonds. The normalized spacial score (nSPS) is 21.5. The average molecular weight is 295 g/mol. The number of methoxy groups -OCH3 is 1. The summed E-state index contributed by atoms with van der Waals surface area (Å²) in [7, 11) is 1.74. The number of hydrogen-bond donors (Lipinski definition) is 1. The van der Waals surface area contributed by atoms with E-state index in [1.54, 1.807) is 7.11 Å². The molecule has 0 unspecified atom stereocenters. The molecular weight excluding hydrogens is 270 g/mol. The van der Waals surface area contributed by atoms with Crippen molar-refractivity contribution in [3.05, 3.63) is 65.7 Å². The van der Waals surface area contributed by atoms with Crippen LogP contribution in [0.2, 0.25) is 0 Å². The van der Waals surface area contributed by atoms with Gasteiger partial charge in [0, 0.05) is 12.6 Å². The minimum absolute atomic E-state index is 0.616. The third kappa shape index (κ3) is 3.89. The van der Waals surface area contributed by atoms with Crippen LogP contribution in [-0.2, 0) is 6.54 Å². The Balaban J connectivity index is 1.59. The molecule has 0 radical (unpaired) electrons. The maximum Gasteiger partial charge on any atom is 0.119 e. The van der Waals surface area contributed by atoms with Crippen molar-refractivity contribution in [3.63, 3.8) is 0 Å². The van der Waals surface area contributed by atoms with Crippen LogP contribution < -0.4 is 10.1 Å². The lowest BCUT2D eigenvalue weighted by atomic mass is 9.81. The van der Waals surface area contributed by atoms with E-state index < -0.39 is 0 Å². The molecule has 1 N–H and O–H groups in total. The Bertz CT molecular complexity index is 581. The number of rotatable bonds is 5. The van der Waals surface area contributed by atoms with Crippen LogP contribution in [0.1, 0.15) is 42.7 Å². The fourth-order valence-electron chi connectivity index (χ4n) is 3.43. The number of nitrogens with one attached hydrogen (secondary N) is 1. The van der Waals surface area contributed by atoms with Crippen LogP contribution in [0.15, 0.2) is 54.6 Å². The Morgan fingerprint density at radius 3 is 2.73 bits per heavy atom. The van der Waals surface area contributed by atoms with Crippen LogP contribution in [0.4, 0.5) is 0 Å². The van der Waals surface area contributed by atoms with E-state index in [-0.39, 0.29) is 0 Å². The first-order valence-electron chi connectivity index (χ1n) is 8.26. The molecule has 0 saturated heterocycles. The second-order valence-corrected chi connectivity index (χ2v) is 6.20. The van der Waals surface area contributed by atoms with E-state index in [4.69, 9.17) is 4.74 Å². The maximum absolute atomic E-state index is 5.36. The summed E-state index contributed by atoms with van der Waals surface area (Å²) in [5.41, 5.74) is 2.79. The lowest BCUT2D eigenvalue weighted by Crippen LogP contribution is -2.33. The van der Waals surface area contributed by atoms with Crippen LogP contribution in [0.3, 0.4) is 0 Å². The molecule has 0 bridgehead atoms. The highest BCUT2D eigenvalue weighted by atomic mass is 16.5. The molecule has 0 spiro atoms. The molecule has 0 aliphatic heterocycles. The molecule has 0 aromatic heterocycles. The molecular formula is C20H25NO. The quantitative estimate of drug-likeness (QED) is 0.876. The van der Waals surface area contributed by atoms with E-state index in [0.29, 0.717) is 12.0 Å². The topological polar surface area (TPSA) is 21.3 Å². The van der Waals surface area contributed by atoms with Gasteiger partial charge in [0.25, 0.3) is 0 Å². The van der Waals surface area contributed by atoms with E-state index in [2.05, 4.69) is 53.8 Å². The van der Waals surface area contributed by atoms with Gasteiger partial charge in [0.05, 0.1) is 7.11 Å². The molecule has 3 rings (SSSR count). The van der Waals surface area contributed by atoms with Gasteiger partial charge in [-0.05, 0) is 48.4 Å². The van der Waals surface area contributed by atoms with Crippen molar-refractivity contribution in [2.75, 3.05) is 7.11 Å². The second-order valence-electron chi connectivity index (χ2n) is 6.20. The van der Waals surface area contributed by atoms with E-state index in [0.717, 1.165) is 12.3 Å². The largest absolute Gasteiger partial charge is 0.497 e. The fourth-order valence-corrected chi connectivity index (χ4v) is 3.43. The van der Waals surface area contributed by atoms with Gasteiger partial charge >= 0.3 is 0 Å². The van der Waals surface area contributed by atoms with Gasteiger partial charge in [0.2, 0.25) is 0 Å². The summed E-state index contributed by atoms with van der Waals surface area (Å²) in [6, 6.07) is 19.9. The van der Waals surface area contributed by atoms with E-state index in [9.17, 15) is 0 Å². The van der Waals surface area contributed by atoms with E-state index in [1.807, 2.05) is 6.07 Å². The molecule has 2 atom stereocenters. The van der Waals surface area contributed by atoms with Crippen molar-refractivity contribution in [2.24, 2.45) is 0 Å². The van der Waals surface area contributed by atoms with Crippen LogP contribution in [0.5, 0.6) is 5.75 Å². The minimum Gasteiger partial charge on any atom is -0.497 e. The summed E-state index contributed by atoms with van der Waals surface area (Å²) in [5.74, 6) is 1.62. The van der Waals surface area contributed by atoms with Crippen molar-refractivity contribution < 1.29 is 4.74 Å². The molecule has 0 heterocycles. The van der Waals surface area contributed by atoms with Gasteiger partial charge in [-0.2, -0.15) is 0 Å². The first-order valence-corrected chi connectivity index (χ1v) is 8.26. The Morgan fingerprint density at radius 2 is 1.91 bits per heavy atom. The summed E-state index contributed by atoms with van der Waals surface area (Å²) in [6.07, 6.45) is 5.10. The summed E-state index contributed by atoms with van der Waals surface area (Å²) in [6.45, 7) is 0.969. The molecule has 22 heavy (non-hydrogen) atoms. The number of ether oxygens (including phenoxy) is 1. The van der Waals surface area contributed by atoms with Crippen molar-refractivity contribution in [3.8, 4) is 5.75 Å². The van der Waals surface area contributed by atoms with Gasteiger partial charge in [-0.25, -0.2) is 0 Å². The zero-order valence-corrected chi connectivity index (χ0v) is 13.3. The van der Waals surface area contributed by atoms with Gasteiger partial charge in [-0.1, -0.05) is 48.9 Å². The highest BCUT2D eigenvalue weighted by Crippen LogP contribution is 2.34. The standard InChI is InChI=1S/C20H25NO/c1-22-20-12-6-10-18(14-20)17-9-5-11-19(13-17)21-15-16-7-3-2-4-8-16/h2-4,6-8,10,12,14,17,19,21H,5,9,11,13,15H2,1H3/t17-,19-/m1/s1. The van der Waals surface area contributed by atoms with Crippen molar-refractivity contribution >= 4 is 0 Å². The van der Waals surface area contributed by atoms with Gasteiger partial charge in [-0.3, -0.25) is 0 Å². The van der Waals surface area contributed by atoms with Crippen molar-refractivity contribution in [1.82, 2.24) is 5.32 Å². The van der Waals surface area contributed by atoms with E-state index >= 15 is 0 Å². The highest BCUT2D eigenvalue weighted by molar-refractivity contribution is 5.31. The zero-order chi connectivity index (χ0) is 15.2. The minimum atomic E-state index is 0.616. The molecule has 116 valence electrons. The molecule has 1 aliphatic rings. The monoisotopic (exact) mass is 295 g/mol. The van der Waals surface area contributed by atoms with Crippen LogP contribution in [-0.4, -0.2) is 13.2 Å². The first-order chi connectivity index (χ1) is 10.8. The third-order valence-corrected chi connectivity index (χ3v) is 4.68. The van der Waals surface area contributed by atoms with Gasteiger partial charge < -0.3 is 10.1 Å². The molecule has 2 aromatic carbocycles. The zero-order valence-electron chi connectivity index (χ0n) is 13.3. The van der Waals surface area contributed by atoms with Crippen LogP contribution in [0, 0.1) is 0 Å².